The van der Waals surface area contributed by atoms with Crippen molar-refractivity contribution in [2.45, 2.75) is 44.4 Å². The first-order chi connectivity index (χ1) is 16.4. The van der Waals surface area contributed by atoms with Gasteiger partial charge in [0, 0.05) is 32.2 Å². The Kier molecular flexibility index (Phi) is 6.18. The van der Waals surface area contributed by atoms with Gasteiger partial charge in [0.05, 0.1) is 18.5 Å². The van der Waals surface area contributed by atoms with Crippen molar-refractivity contribution in [2.24, 2.45) is 0 Å². The fraction of sp³-hybridized carbons (Fsp3) is 0.407. The molecule has 2 aromatic carbocycles. The molecule has 2 saturated heterocycles. The van der Waals surface area contributed by atoms with Crippen LogP contribution in [0.25, 0.3) is 0 Å². The lowest BCUT2D eigenvalue weighted by molar-refractivity contribution is 0.182. The number of nitrogens with zero attached hydrogens (tertiary/aromatic N) is 4. The minimum Gasteiger partial charge on any atom is -0.505 e. The highest BCUT2D eigenvalue weighted by Crippen LogP contribution is 2.39. The molecule has 5 rings (SSSR count). The minimum atomic E-state index is -2.56. The second kappa shape index (κ2) is 9.13. The smallest absolute Gasteiger partial charge is 0.261 e. The van der Waals surface area contributed by atoms with Gasteiger partial charge in [-0.2, -0.15) is 0 Å². The Morgan fingerprint density at radius 1 is 0.882 bits per heavy atom. The Hall–Kier alpha value is -2.74. The normalized spacial score (nSPS) is 21.4. The maximum Gasteiger partial charge on any atom is 0.261 e. The van der Waals surface area contributed by atoms with E-state index in [-0.39, 0.29) is 16.9 Å². The van der Waals surface area contributed by atoms with Crippen LogP contribution in [0, 0.1) is 0 Å². The van der Waals surface area contributed by atoms with Crippen LogP contribution in [0.1, 0.15) is 27.2 Å². The van der Waals surface area contributed by atoms with Crippen molar-refractivity contribution in [3.8, 4) is 5.75 Å². The number of benzene rings is 2. The Morgan fingerprint density at radius 3 is 2.03 bits per heavy atom. The van der Waals surface area contributed by atoms with Crippen LogP contribution < -0.4 is 15.3 Å². The number of aromatic nitrogens is 2. The van der Waals surface area contributed by atoms with Crippen LogP contribution in [-0.2, 0) is 4.43 Å². The quantitative estimate of drug-likeness (QED) is 0.574. The molecule has 2 aliphatic heterocycles. The van der Waals surface area contributed by atoms with Gasteiger partial charge < -0.3 is 14.4 Å². The molecule has 3 heterocycles. The second-order valence-electron chi connectivity index (χ2n) is 10.5. The highest BCUT2D eigenvalue weighted by Gasteiger charge is 2.53. The fourth-order valence-electron chi connectivity index (χ4n) is 5.68. The molecule has 1 N–H and O–H groups in total. The molecule has 0 spiro atoms. The fourth-order valence-corrected chi connectivity index (χ4v) is 10.4. The highest BCUT2D eigenvalue weighted by atomic mass is 28.4. The van der Waals surface area contributed by atoms with E-state index in [0.29, 0.717) is 12.0 Å². The molecule has 0 aliphatic carbocycles. The van der Waals surface area contributed by atoms with Gasteiger partial charge in [0.1, 0.15) is 0 Å². The van der Waals surface area contributed by atoms with Crippen LogP contribution in [0.2, 0.25) is 5.04 Å². The molecule has 3 aromatic rings. The lowest BCUT2D eigenvalue weighted by Crippen LogP contribution is -2.67. The van der Waals surface area contributed by atoms with E-state index in [0.717, 1.165) is 32.6 Å². The summed E-state index contributed by atoms with van der Waals surface area (Å²) in [7, 11) is -2.56. The molecule has 1 aromatic heterocycles. The van der Waals surface area contributed by atoms with Gasteiger partial charge in [-0.15, -0.1) is 0 Å². The molecular weight excluding hydrogens is 440 g/mol. The number of anilines is 1. The number of fused-ring (bicyclic) bond motifs is 1. The lowest BCUT2D eigenvalue weighted by atomic mass is 10.1. The molecule has 2 aliphatic rings. The zero-order valence-electron chi connectivity index (χ0n) is 20.3. The molecule has 2 fully saturated rings. The third-order valence-electron chi connectivity index (χ3n) is 7.25. The maximum absolute atomic E-state index is 9.54. The van der Waals surface area contributed by atoms with E-state index in [1.165, 1.54) is 22.8 Å². The van der Waals surface area contributed by atoms with Crippen LogP contribution in [0.15, 0.2) is 73.1 Å². The van der Waals surface area contributed by atoms with Crippen molar-refractivity contribution in [1.82, 2.24) is 14.9 Å². The van der Waals surface area contributed by atoms with E-state index in [9.17, 15) is 5.11 Å². The molecule has 178 valence electrons. The molecule has 0 saturated carbocycles. The lowest BCUT2D eigenvalue weighted by Gasteiger charge is -2.44. The first-order valence-corrected chi connectivity index (χ1v) is 14.1. The van der Waals surface area contributed by atoms with Crippen molar-refractivity contribution in [2.75, 3.05) is 31.1 Å². The van der Waals surface area contributed by atoms with Gasteiger partial charge in [-0.05, 0) is 21.8 Å². The van der Waals surface area contributed by atoms with Gasteiger partial charge in [-0.25, -0.2) is 9.97 Å². The highest BCUT2D eigenvalue weighted by molar-refractivity contribution is 6.99. The Morgan fingerprint density at radius 2 is 1.47 bits per heavy atom. The molecule has 0 radical (unpaired) electrons. The summed E-state index contributed by atoms with van der Waals surface area (Å²) in [5.74, 6) is 0.788. The summed E-state index contributed by atoms with van der Waals surface area (Å²) in [5, 5.41) is 12.2. The van der Waals surface area contributed by atoms with E-state index < -0.39 is 8.32 Å². The summed E-state index contributed by atoms with van der Waals surface area (Å²) in [6.07, 6.45) is 4.12. The summed E-state index contributed by atoms with van der Waals surface area (Å²) in [6, 6.07) is 22.2. The first-order valence-electron chi connectivity index (χ1n) is 12.2. The van der Waals surface area contributed by atoms with E-state index in [1.54, 1.807) is 0 Å². The Labute approximate surface area is 203 Å². The molecule has 0 unspecified atom stereocenters. The van der Waals surface area contributed by atoms with Gasteiger partial charge in [-0.3, -0.25) is 4.90 Å². The average Bonchev–Trinajstić information content (AvgIpc) is 3.25. The van der Waals surface area contributed by atoms with E-state index >= 15 is 0 Å². The minimum absolute atomic E-state index is 0.0231. The van der Waals surface area contributed by atoms with Crippen LogP contribution >= 0.6 is 0 Å². The molecule has 0 amide bonds. The monoisotopic (exact) mass is 474 g/mol. The standard InChI is InChI=1S/C27H34N4O2Si/c1-27(2,3)34(24-10-6-4-7-11-24,25-12-8-5-9-13-25)33-23-16-21-19-31(15-14-30(21)20-23)26-28-17-22(32)18-29-26/h4-13,17-18,21,23,32H,14-16,19-20H2,1-3H3/t21-,23+/m1/s1. The Balaban J connectivity index is 1.42. The van der Waals surface area contributed by atoms with Gasteiger partial charge in [-0.1, -0.05) is 81.4 Å². The van der Waals surface area contributed by atoms with Crippen LogP contribution in [0.3, 0.4) is 0 Å². The molecule has 0 bridgehead atoms. The SMILES string of the molecule is CC(C)(C)[Si](O[C@H]1C[C@@H]2CN(c3ncc(O)cn3)CCN2C1)(c1ccccc1)c1ccccc1. The largest absolute Gasteiger partial charge is 0.505 e. The van der Waals surface area contributed by atoms with Crippen molar-refractivity contribution < 1.29 is 9.53 Å². The first kappa shape index (κ1) is 23.0. The van der Waals surface area contributed by atoms with E-state index in [2.05, 4.69) is 101 Å². The predicted molar refractivity (Wildman–Crippen MR) is 138 cm³/mol. The third-order valence-corrected chi connectivity index (χ3v) is 12.3. The molecule has 34 heavy (non-hydrogen) atoms. The van der Waals surface area contributed by atoms with Crippen molar-refractivity contribution in [3.63, 3.8) is 0 Å². The van der Waals surface area contributed by atoms with Crippen LogP contribution in [0.4, 0.5) is 5.95 Å². The molecule has 7 heteroatoms. The van der Waals surface area contributed by atoms with E-state index in [1.807, 2.05) is 0 Å². The van der Waals surface area contributed by atoms with Crippen molar-refractivity contribution in [1.29, 1.82) is 0 Å². The number of hydrogen-bond donors (Lipinski definition) is 1. The van der Waals surface area contributed by atoms with Crippen molar-refractivity contribution in [3.05, 3.63) is 73.1 Å². The second-order valence-corrected chi connectivity index (χ2v) is 14.7. The van der Waals surface area contributed by atoms with Crippen LogP contribution in [-0.4, -0.2) is 66.6 Å². The van der Waals surface area contributed by atoms with Crippen LogP contribution in [0.5, 0.6) is 5.75 Å². The summed E-state index contributed by atoms with van der Waals surface area (Å²) >= 11 is 0. The predicted octanol–water partition coefficient (Wildman–Crippen LogP) is 3.02. The van der Waals surface area contributed by atoms with E-state index in [4.69, 9.17) is 4.43 Å². The zero-order chi connectivity index (χ0) is 23.8. The number of piperazine rings is 1. The van der Waals surface area contributed by atoms with Gasteiger partial charge >= 0.3 is 0 Å². The van der Waals surface area contributed by atoms with Gasteiger partial charge in [0.15, 0.2) is 5.75 Å². The number of rotatable bonds is 5. The summed E-state index contributed by atoms with van der Waals surface area (Å²) in [5.41, 5.74) is 0. The maximum atomic E-state index is 9.54. The topological polar surface area (TPSA) is 61.7 Å². The summed E-state index contributed by atoms with van der Waals surface area (Å²) < 4.78 is 7.40. The molecule has 2 atom stereocenters. The zero-order valence-corrected chi connectivity index (χ0v) is 21.3. The number of hydrogen-bond acceptors (Lipinski definition) is 6. The molecular formula is C27H34N4O2Si. The summed E-state index contributed by atoms with van der Waals surface area (Å²) in [6.45, 7) is 10.7. The summed E-state index contributed by atoms with van der Waals surface area (Å²) in [4.78, 5) is 13.5. The number of aromatic hydroxyl groups is 1. The van der Waals surface area contributed by atoms with Gasteiger partial charge in [0.2, 0.25) is 5.95 Å². The average molecular weight is 475 g/mol. The Bertz CT molecular complexity index is 1050. The third kappa shape index (κ3) is 4.24. The van der Waals surface area contributed by atoms with Crippen molar-refractivity contribution >= 4 is 24.6 Å². The van der Waals surface area contributed by atoms with Gasteiger partial charge in [0.25, 0.3) is 8.32 Å². The molecule has 6 nitrogen and oxygen atoms in total.